The van der Waals surface area contributed by atoms with E-state index in [2.05, 4.69) is 15.5 Å². The van der Waals surface area contributed by atoms with Gasteiger partial charge in [-0.15, -0.1) is 10.2 Å². The van der Waals surface area contributed by atoms with Crippen LogP contribution in [0.4, 0.5) is 13.2 Å². The lowest BCUT2D eigenvalue weighted by atomic mass is 10.0. The van der Waals surface area contributed by atoms with E-state index in [4.69, 9.17) is 0 Å². The van der Waals surface area contributed by atoms with Gasteiger partial charge in [-0.3, -0.25) is 0 Å². The first-order valence-electron chi connectivity index (χ1n) is 6.31. The van der Waals surface area contributed by atoms with E-state index in [-0.39, 0.29) is 11.9 Å². The standard InChI is InChI=1S/C13H13F3N4/c14-13(15,16)8-10-18-19-12-11(17-6-7-20(10)12)9-4-2-1-3-5-9/h1-5,11,17H,6-8H2. The summed E-state index contributed by atoms with van der Waals surface area (Å²) in [5, 5.41) is 10.9. The van der Waals surface area contributed by atoms with Crippen LogP contribution in [0.15, 0.2) is 30.3 Å². The van der Waals surface area contributed by atoms with Gasteiger partial charge in [-0.2, -0.15) is 13.2 Å². The third-order valence-electron chi connectivity index (χ3n) is 3.29. The molecule has 1 atom stereocenters. The second-order valence-corrected chi connectivity index (χ2v) is 4.72. The highest BCUT2D eigenvalue weighted by Gasteiger charge is 2.33. The van der Waals surface area contributed by atoms with Crippen molar-refractivity contribution in [2.45, 2.75) is 25.2 Å². The molecule has 0 radical (unpaired) electrons. The molecule has 0 amide bonds. The monoisotopic (exact) mass is 282 g/mol. The van der Waals surface area contributed by atoms with E-state index in [0.717, 1.165) is 5.56 Å². The van der Waals surface area contributed by atoms with Crippen LogP contribution in [0.2, 0.25) is 0 Å². The van der Waals surface area contributed by atoms with Crippen LogP contribution in [0.5, 0.6) is 0 Å². The third kappa shape index (κ3) is 2.53. The van der Waals surface area contributed by atoms with Crippen LogP contribution in [-0.2, 0) is 13.0 Å². The topological polar surface area (TPSA) is 42.7 Å². The SMILES string of the molecule is FC(F)(F)Cc1nnc2n1CCNC2c1ccccc1. The van der Waals surface area contributed by atoms with Gasteiger partial charge in [-0.05, 0) is 5.56 Å². The Labute approximate surface area is 113 Å². The smallest absolute Gasteiger partial charge is 0.312 e. The summed E-state index contributed by atoms with van der Waals surface area (Å²) in [5.41, 5.74) is 0.972. The predicted molar refractivity (Wildman–Crippen MR) is 66.1 cm³/mol. The summed E-state index contributed by atoms with van der Waals surface area (Å²) in [6.07, 6.45) is -5.31. The van der Waals surface area contributed by atoms with Gasteiger partial charge < -0.3 is 9.88 Å². The number of halogens is 3. The Morgan fingerprint density at radius 1 is 1.20 bits per heavy atom. The Morgan fingerprint density at radius 3 is 2.65 bits per heavy atom. The van der Waals surface area contributed by atoms with Gasteiger partial charge in [0.2, 0.25) is 0 Å². The first-order chi connectivity index (χ1) is 9.54. The Morgan fingerprint density at radius 2 is 1.95 bits per heavy atom. The molecule has 106 valence electrons. The Bertz CT molecular complexity index is 591. The number of hydrogen-bond donors (Lipinski definition) is 1. The van der Waals surface area contributed by atoms with E-state index >= 15 is 0 Å². The zero-order chi connectivity index (χ0) is 14.2. The van der Waals surface area contributed by atoms with Gasteiger partial charge in [0, 0.05) is 13.1 Å². The first kappa shape index (κ1) is 13.1. The number of hydrogen-bond acceptors (Lipinski definition) is 3. The molecular formula is C13H13F3N4. The summed E-state index contributed by atoms with van der Waals surface area (Å²) in [6.45, 7) is 1.05. The van der Waals surface area contributed by atoms with Crippen LogP contribution >= 0.6 is 0 Å². The van der Waals surface area contributed by atoms with Crippen LogP contribution in [0, 0.1) is 0 Å². The van der Waals surface area contributed by atoms with E-state index in [1.54, 1.807) is 4.57 Å². The molecule has 0 spiro atoms. The number of alkyl halides is 3. The number of aromatic nitrogens is 3. The second-order valence-electron chi connectivity index (χ2n) is 4.72. The summed E-state index contributed by atoms with van der Waals surface area (Å²) in [4.78, 5) is 0. The largest absolute Gasteiger partial charge is 0.396 e. The van der Waals surface area contributed by atoms with Crippen LogP contribution in [0.1, 0.15) is 23.3 Å². The fourth-order valence-corrected chi connectivity index (χ4v) is 2.44. The average Bonchev–Trinajstić information content (AvgIpc) is 2.81. The molecule has 0 aliphatic carbocycles. The zero-order valence-electron chi connectivity index (χ0n) is 10.6. The quantitative estimate of drug-likeness (QED) is 0.917. The van der Waals surface area contributed by atoms with Crippen molar-refractivity contribution in [1.29, 1.82) is 0 Å². The van der Waals surface area contributed by atoms with Gasteiger partial charge in [0.05, 0.1) is 6.04 Å². The van der Waals surface area contributed by atoms with E-state index in [1.165, 1.54) is 0 Å². The van der Waals surface area contributed by atoms with E-state index in [9.17, 15) is 13.2 Å². The summed E-state index contributed by atoms with van der Waals surface area (Å²) >= 11 is 0. The molecule has 7 heteroatoms. The highest BCUT2D eigenvalue weighted by molar-refractivity contribution is 5.26. The van der Waals surface area contributed by atoms with E-state index < -0.39 is 12.6 Å². The van der Waals surface area contributed by atoms with Crippen molar-refractivity contribution in [2.24, 2.45) is 0 Å². The number of nitrogens with one attached hydrogen (secondary N) is 1. The van der Waals surface area contributed by atoms with Crippen molar-refractivity contribution in [1.82, 2.24) is 20.1 Å². The fourth-order valence-electron chi connectivity index (χ4n) is 2.44. The van der Waals surface area contributed by atoms with Gasteiger partial charge in [-0.1, -0.05) is 30.3 Å². The molecule has 3 rings (SSSR count). The summed E-state index contributed by atoms with van der Waals surface area (Å²) in [6, 6.07) is 9.31. The minimum absolute atomic E-state index is 0.0186. The number of fused-ring (bicyclic) bond motifs is 1. The Hall–Kier alpha value is -1.89. The highest BCUT2D eigenvalue weighted by atomic mass is 19.4. The zero-order valence-corrected chi connectivity index (χ0v) is 10.6. The van der Waals surface area contributed by atoms with E-state index in [0.29, 0.717) is 18.9 Å². The molecule has 2 heterocycles. The minimum Gasteiger partial charge on any atom is -0.312 e. The lowest BCUT2D eigenvalue weighted by molar-refractivity contribution is -0.129. The molecule has 1 aromatic heterocycles. The lowest BCUT2D eigenvalue weighted by Gasteiger charge is -2.25. The second kappa shape index (κ2) is 4.90. The molecule has 1 aromatic carbocycles. The maximum absolute atomic E-state index is 12.5. The molecule has 0 fully saturated rings. The average molecular weight is 282 g/mol. The number of nitrogens with zero attached hydrogens (tertiary/aromatic N) is 3. The molecule has 2 aromatic rings. The number of benzene rings is 1. The number of rotatable bonds is 2. The van der Waals surface area contributed by atoms with Crippen LogP contribution in [-0.4, -0.2) is 27.5 Å². The molecular weight excluding hydrogens is 269 g/mol. The van der Waals surface area contributed by atoms with Crippen LogP contribution < -0.4 is 5.32 Å². The minimum atomic E-state index is -4.27. The maximum atomic E-state index is 12.5. The summed E-state index contributed by atoms with van der Waals surface area (Å²) in [7, 11) is 0. The fraction of sp³-hybridized carbons (Fsp3) is 0.385. The normalized spacial score (nSPS) is 18.9. The molecule has 4 nitrogen and oxygen atoms in total. The van der Waals surface area contributed by atoms with Crippen molar-refractivity contribution in [3.05, 3.63) is 47.5 Å². The summed E-state index contributed by atoms with van der Waals surface area (Å²) < 4.78 is 39.1. The first-order valence-corrected chi connectivity index (χ1v) is 6.31. The maximum Gasteiger partial charge on any atom is 0.396 e. The van der Waals surface area contributed by atoms with Crippen molar-refractivity contribution in [3.8, 4) is 0 Å². The molecule has 1 N–H and O–H groups in total. The van der Waals surface area contributed by atoms with Gasteiger partial charge in [0.25, 0.3) is 0 Å². The van der Waals surface area contributed by atoms with Gasteiger partial charge in [0.15, 0.2) is 5.82 Å². The van der Waals surface area contributed by atoms with Gasteiger partial charge >= 0.3 is 6.18 Å². The van der Waals surface area contributed by atoms with Gasteiger partial charge in [0.1, 0.15) is 12.2 Å². The molecule has 1 aliphatic heterocycles. The van der Waals surface area contributed by atoms with Crippen LogP contribution in [0.3, 0.4) is 0 Å². The van der Waals surface area contributed by atoms with Crippen molar-refractivity contribution in [3.63, 3.8) is 0 Å². The molecule has 1 aliphatic rings. The summed E-state index contributed by atoms with van der Waals surface area (Å²) in [5.74, 6) is 0.525. The predicted octanol–water partition coefficient (Wildman–Crippen LogP) is 2.08. The highest BCUT2D eigenvalue weighted by Crippen LogP contribution is 2.26. The Balaban J connectivity index is 1.95. The molecule has 0 bridgehead atoms. The molecule has 1 unspecified atom stereocenters. The van der Waals surface area contributed by atoms with Crippen molar-refractivity contribution >= 4 is 0 Å². The van der Waals surface area contributed by atoms with Crippen molar-refractivity contribution < 1.29 is 13.2 Å². The molecule has 0 saturated carbocycles. The van der Waals surface area contributed by atoms with E-state index in [1.807, 2.05) is 30.3 Å². The van der Waals surface area contributed by atoms with Crippen molar-refractivity contribution in [2.75, 3.05) is 6.54 Å². The van der Waals surface area contributed by atoms with Gasteiger partial charge in [-0.25, -0.2) is 0 Å². The molecule has 0 saturated heterocycles. The third-order valence-corrected chi connectivity index (χ3v) is 3.29. The van der Waals surface area contributed by atoms with Crippen LogP contribution in [0.25, 0.3) is 0 Å². The Kier molecular flexibility index (Phi) is 3.21. The molecule has 20 heavy (non-hydrogen) atoms. The lowest BCUT2D eigenvalue weighted by Crippen LogP contribution is -2.35.